The quantitative estimate of drug-likeness (QED) is 0.109. The van der Waals surface area contributed by atoms with Gasteiger partial charge in [-0.1, -0.05) is 72.8 Å². The van der Waals surface area contributed by atoms with E-state index < -0.39 is 0 Å². The van der Waals surface area contributed by atoms with Gasteiger partial charge in [-0.05, 0) is 105 Å². The molecule has 0 bridgehead atoms. The molecule has 0 atom stereocenters. The van der Waals surface area contributed by atoms with Gasteiger partial charge in [-0.2, -0.15) is 0 Å². The first-order valence-electron chi connectivity index (χ1n) is 15.9. The second kappa shape index (κ2) is 14.7. The zero-order chi connectivity index (χ0) is 35.5. The first kappa shape index (κ1) is 33.9. The Morgan fingerprint density at radius 3 is 0.804 bits per heavy atom. The number of thiophene rings is 3. The summed E-state index contributed by atoms with van der Waals surface area (Å²) in [6.07, 6.45) is 0. The molecule has 51 heavy (non-hydrogen) atoms. The lowest BCUT2D eigenvalue weighted by Gasteiger charge is -2.13. The molecule has 9 heteroatoms. The Bertz CT molecular complexity index is 2080. The lowest BCUT2D eigenvalue weighted by atomic mass is 9.92. The van der Waals surface area contributed by atoms with Crippen LogP contribution in [0.4, 0.5) is 0 Å². The van der Waals surface area contributed by atoms with Crippen LogP contribution in [0, 0.1) is 0 Å². The van der Waals surface area contributed by atoms with E-state index in [9.17, 15) is 14.4 Å². The fourth-order valence-electron chi connectivity index (χ4n) is 5.72. The number of rotatable bonds is 9. The van der Waals surface area contributed by atoms with Crippen molar-refractivity contribution >= 4 is 51.9 Å². The van der Waals surface area contributed by atoms with E-state index in [1.54, 1.807) is 18.2 Å². The Hall–Kier alpha value is -5.61. The van der Waals surface area contributed by atoms with Gasteiger partial charge >= 0.3 is 17.9 Å². The summed E-state index contributed by atoms with van der Waals surface area (Å²) in [4.78, 5) is 40.7. The summed E-state index contributed by atoms with van der Waals surface area (Å²) in [6, 6.07) is 42.9. The van der Waals surface area contributed by atoms with Crippen molar-refractivity contribution in [2.75, 3.05) is 21.3 Å². The molecule has 0 saturated carbocycles. The van der Waals surface area contributed by atoms with Crippen LogP contribution in [0.15, 0.2) is 127 Å². The SMILES string of the molecule is COC(=O)c1ccc(-c2ccc(-c3cc(-c4ccc(-c5ccc(C(=O)OC)s5)cc4)cc(-c4ccc(-c5ccc(C(=O)OC)s5)cc4)c3)cc2)s1. The van der Waals surface area contributed by atoms with Gasteiger partial charge in [-0.25, -0.2) is 14.4 Å². The van der Waals surface area contributed by atoms with Crippen molar-refractivity contribution in [3.63, 3.8) is 0 Å². The largest absolute Gasteiger partial charge is 0.465 e. The van der Waals surface area contributed by atoms with E-state index >= 15 is 0 Å². The van der Waals surface area contributed by atoms with E-state index in [4.69, 9.17) is 14.2 Å². The second-order valence-electron chi connectivity index (χ2n) is 11.5. The van der Waals surface area contributed by atoms with Gasteiger partial charge in [0.05, 0.1) is 21.3 Å². The zero-order valence-electron chi connectivity index (χ0n) is 27.8. The van der Waals surface area contributed by atoms with Crippen LogP contribution in [-0.2, 0) is 14.2 Å². The zero-order valence-corrected chi connectivity index (χ0v) is 30.2. The van der Waals surface area contributed by atoms with Crippen molar-refractivity contribution < 1.29 is 28.6 Å². The lowest BCUT2D eigenvalue weighted by Crippen LogP contribution is -1.96. The first-order chi connectivity index (χ1) is 24.8. The Kier molecular flexibility index (Phi) is 9.76. The van der Waals surface area contributed by atoms with Crippen molar-refractivity contribution in [3.05, 3.63) is 142 Å². The Morgan fingerprint density at radius 1 is 0.333 bits per heavy atom. The number of hydrogen-bond acceptors (Lipinski definition) is 9. The highest BCUT2D eigenvalue weighted by molar-refractivity contribution is 7.18. The maximum absolute atomic E-state index is 12.0. The van der Waals surface area contributed by atoms with Crippen molar-refractivity contribution in [1.82, 2.24) is 0 Å². The van der Waals surface area contributed by atoms with Crippen LogP contribution in [0.1, 0.15) is 29.0 Å². The molecule has 0 spiro atoms. The monoisotopic (exact) mass is 726 g/mol. The molecule has 0 aliphatic rings. The topological polar surface area (TPSA) is 78.9 Å². The Balaban J connectivity index is 1.24. The molecule has 3 aromatic heterocycles. The van der Waals surface area contributed by atoms with Crippen LogP contribution < -0.4 is 0 Å². The van der Waals surface area contributed by atoms with Crippen LogP contribution in [0.3, 0.4) is 0 Å². The highest BCUT2D eigenvalue weighted by atomic mass is 32.1. The minimum absolute atomic E-state index is 0.337. The normalized spacial score (nSPS) is 10.9. The summed E-state index contributed by atoms with van der Waals surface area (Å²) >= 11 is 4.22. The maximum Gasteiger partial charge on any atom is 0.348 e. The molecule has 0 radical (unpaired) electrons. The molecular formula is C42H30O6S3. The molecule has 0 unspecified atom stereocenters. The summed E-state index contributed by atoms with van der Waals surface area (Å²) in [5.41, 5.74) is 9.42. The van der Waals surface area contributed by atoms with Crippen molar-refractivity contribution in [3.8, 4) is 64.7 Å². The molecule has 0 N–H and O–H groups in total. The molecule has 7 aromatic rings. The van der Waals surface area contributed by atoms with E-state index in [2.05, 4.69) is 91.0 Å². The molecule has 4 aromatic carbocycles. The number of esters is 3. The third-order valence-electron chi connectivity index (χ3n) is 8.42. The molecule has 0 amide bonds. The number of carbonyl (C=O) groups is 3. The van der Waals surface area contributed by atoms with Crippen molar-refractivity contribution in [2.45, 2.75) is 0 Å². The van der Waals surface area contributed by atoms with E-state index in [1.807, 2.05) is 18.2 Å². The van der Waals surface area contributed by atoms with E-state index in [-0.39, 0.29) is 17.9 Å². The van der Waals surface area contributed by atoms with E-state index in [0.717, 1.165) is 64.7 Å². The smallest absolute Gasteiger partial charge is 0.348 e. The van der Waals surface area contributed by atoms with Gasteiger partial charge in [0.25, 0.3) is 0 Å². The molecule has 0 aliphatic carbocycles. The van der Waals surface area contributed by atoms with Gasteiger partial charge in [0, 0.05) is 14.6 Å². The van der Waals surface area contributed by atoms with Gasteiger partial charge in [0.2, 0.25) is 0 Å². The summed E-state index contributed by atoms with van der Waals surface area (Å²) in [5.74, 6) is -1.01. The van der Waals surface area contributed by atoms with E-state index in [1.165, 1.54) is 55.3 Å². The lowest BCUT2D eigenvalue weighted by molar-refractivity contribution is 0.0597. The average Bonchev–Trinajstić information content (AvgIpc) is 3.99. The minimum Gasteiger partial charge on any atom is -0.465 e. The molecule has 252 valence electrons. The molecule has 6 nitrogen and oxygen atoms in total. The first-order valence-corrected chi connectivity index (χ1v) is 18.3. The molecular weight excluding hydrogens is 697 g/mol. The van der Waals surface area contributed by atoms with Gasteiger partial charge in [0.15, 0.2) is 0 Å². The number of methoxy groups -OCH3 is 3. The fourth-order valence-corrected chi connectivity index (χ4v) is 8.51. The van der Waals surface area contributed by atoms with Gasteiger partial charge in [-0.15, -0.1) is 34.0 Å². The predicted molar refractivity (Wildman–Crippen MR) is 207 cm³/mol. The third-order valence-corrected chi connectivity index (χ3v) is 11.8. The minimum atomic E-state index is -0.337. The van der Waals surface area contributed by atoms with Crippen LogP contribution in [0.25, 0.3) is 64.7 Å². The molecule has 0 fully saturated rings. The van der Waals surface area contributed by atoms with Crippen LogP contribution in [-0.4, -0.2) is 39.2 Å². The summed E-state index contributed by atoms with van der Waals surface area (Å²) in [6.45, 7) is 0. The highest BCUT2D eigenvalue weighted by Crippen LogP contribution is 2.37. The standard InChI is InChI=1S/C42H30O6S3/c1-46-40(43)37-19-16-34(49-37)28-10-4-25(5-11-28)31-22-32(26-6-12-29(13-7-26)35-17-20-38(50-35)41(44)47-2)24-33(23-31)27-8-14-30(15-9-27)36-18-21-39(51-36)42(45)48-3/h4-24H,1-3H3. The number of carbonyl (C=O) groups excluding carboxylic acids is 3. The molecule has 3 heterocycles. The van der Waals surface area contributed by atoms with E-state index in [0.29, 0.717) is 14.6 Å². The Labute approximate surface area is 307 Å². The molecule has 0 saturated heterocycles. The van der Waals surface area contributed by atoms with Crippen molar-refractivity contribution in [2.24, 2.45) is 0 Å². The number of ether oxygens (including phenoxy) is 3. The summed E-state index contributed by atoms with van der Waals surface area (Å²) < 4.78 is 14.6. The van der Waals surface area contributed by atoms with Gasteiger partial charge in [-0.3, -0.25) is 0 Å². The third kappa shape index (κ3) is 7.18. The summed E-state index contributed by atoms with van der Waals surface area (Å²) in [7, 11) is 4.16. The average molecular weight is 727 g/mol. The van der Waals surface area contributed by atoms with Gasteiger partial charge in [0.1, 0.15) is 14.6 Å². The second-order valence-corrected chi connectivity index (χ2v) is 14.7. The number of hydrogen-bond donors (Lipinski definition) is 0. The van der Waals surface area contributed by atoms with Gasteiger partial charge < -0.3 is 14.2 Å². The van der Waals surface area contributed by atoms with Crippen LogP contribution in [0.2, 0.25) is 0 Å². The van der Waals surface area contributed by atoms with Crippen LogP contribution >= 0.6 is 34.0 Å². The van der Waals surface area contributed by atoms with Crippen LogP contribution in [0.5, 0.6) is 0 Å². The fraction of sp³-hybridized carbons (Fsp3) is 0.0714. The summed E-state index contributed by atoms with van der Waals surface area (Å²) in [5, 5.41) is 0. The predicted octanol–water partition coefficient (Wildman–Crippen LogP) is 11.2. The number of benzene rings is 4. The molecule has 7 rings (SSSR count). The molecule has 0 aliphatic heterocycles. The highest BCUT2D eigenvalue weighted by Gasteiger charge is 2.14. The maximum atomic E-state index is 12.0. The Morgan fingerprint density at radius 2 is 0.569 bits per heavy atom. The van der Waals surface area contributed by atoms with Crippen molar-refractivity contribution in [1.29, 1.82) is 0 Å².